The number of aryl methyl sites for hydroxylation is 1. The van der Waals surface area contributed by atoms with Crippen LogP contribution in [0.2, 0.25) is 0 Å². The summed E-state index contributed by atoms with van der Waals surface area (Å²) in [5.41, 5.74) is 0.364. The number of anilines is 1. The molecule has 0 aliphatic rings. The first-order valence-corrected chi connectivity index (χ1v) is 11.3. The molecule has 0 saturated heterocycles. The van der Waals surface area contributed by atoms with Crippen LogP contribution >= 0.6 is 0 Å². The number of nitrogens with zero attached hydrogens (tertiary/aromatic N) is 2. The van der Waals surface area contributed by atoms with Crippen molar-refractivity contribution in [2.75, 3.05) is 39.8 Å². The summed E-state index contributed by atoms with van der Waals surface area (Å²) in [6.45, 7) is 1.97. The molecule has 11 nitrogen and oxygen atoms in total. The van der Waals surface area contributed by atoms with Gasteiger partial charge < -0.3 is 24.8 Å². The number of hydrogen-bond acceptors (Lipinski definition) is 7. The molecule has 0 saturated carbocycles. The topological polar surface area (TPSA) is 130 Å². The minimum atomic E-state index is -0.718. The first-order chi connectivity index (χ1) is 17.3. The number of fused-ring (bicyclic) bond motifs is 1. The van der Waals surface area contributed by atoms with Gasteiger partial charge in [-0.05, 0) is 24.6 Å². The van der Waals surface area contributed by atoms with Gasteiger partial charge in [-0.25, -0.2) is 4.79 Å². The van der Waals surface area contributed by atoms with Crippen LogP contribution in [0.5, 0.6) is 11.5 Å². The summed E-state index contributed by atoms with van der Waals surface area (Å²) in [5.74, 6) is -0.202. The largest absolute Gasteiger partial charge is 0.493 e. The monoisotopic (exact) mass is 498 g/mol. The Bertz CT molecular complexity index is 1380. The van der Waals surface area contributed by atoms with E-state index in [1.165, 1.54) is 38.0 Å². The first kappa shape index (κ1) is 26.5. The van der Waals surface area contributed by atoms with Crippen molar-refractivity contribution in [1.29, 1.82) is 0 Å². The van der Waals surface area contributed by atoms with Crippen LogP contribution in [0.15, 0.2) is 46.0 Å². The first-order valence-electron chi connectivity index (χ1n) is 11.3. The zero-order valence-corrected chi connectivity index (χ0v) is 20.8. The summed E-state index contributed by atoms with van der Waals surface area (Å²) in [6.07, 6.45) is -0.104. The number of nitrogens with one attached hydrogen (secondary N) is 2. The third-order valence-electron chi connectivity index (χ3n) is 5.64. The van der Waals surface area contributed by atoms with Crippen molar-refractivity contribution < 1.29 is 23.8 Å². The molecule has 1 aromatic heterocycles. The molecular formula is C25H30N4O7. The van der Waals surface area contributed by atoms with Gasteiger partial charge in [-0.1, -0.05) is 18.2 Å². The summed E-state index contributed by atoms with van der Waals surface area (Å²) in [7, 11) is 4.38. The number of amides is 2. The van der Waals surface area contributed by atoms with Gasteiger partial charge in [0.05, 0.1) is 31.7 Å². The number of ether oxygens (including phenoxy) is 3. The molecular weight excluding hydrogens is 468 g/mol. The van der Waals surface area contributed by atoms with Crippen LogP contribution in [0.25, 0.3) is 10.9 Å². The number of methoxy groups -OCH3 is 3. The van der Waals surface area contributed by atoms with Crippen molar-refractivity contribution in [3.63, 3.8) is 0 Å². The van der Waals surface area contributed by atoms with Crippen molar-refractivity contribution in [2.45, 2.75) is 26.4 Å². The molecule has 0 bridgehead atoms. The third kappa shape index (κ3) is 5.92. The number of carbonyl (C=O) groups is 2. The summed E-state index contributed by atoms with van der Waals surface area (Å²) in [5, 5.41) is 5.60. The van der Waals surface area contributed by atoms with Crippen molar-refractivity contribution in [2.24, 2.45) is 0 Å². The molecule has 2 N–H and O–H groups in total. The summed E-state index contributed by atoms with van der Waals surface area (Å²) >= 11 is 0. The average molecular weight is 499 g/mol. The second-order valence-electron chi connectivity index (χ2n) is 8.01. The minimum absolute atomic E-state index is 0.104. The number of benzene rings is 2. The standard InChI is InChI=1S/C25H30N4O7/c1-16-7-5-6-8-18(16)27-23(31)15-29-19-14-21(36-4)20(35-3)13-17(19)24(32)28(25(29)33)11-9-22(30)26-10-12-34-2/h5-8,13-14H,9-12,15H2,1-4H3,(H,26,30)(H,27,31). The van der Waals surface area contributed by atoms with Gasteiger partial charge in [-0.3, -0.25) is 23.5 Å². The van der Waals surface area contributed by atoms with E-state index in [0.29, 0.717) is 30.3 Å². The molecule has 2 aromatic carbocycles. The van der Waals surface area contributed by atoms with Crippen LogP contribution < -0.4 is 31.4 Å². The van der Waals surface area contributed by atoms with Gasteiger partial charge in [0.2, 0.25) is 11.8 Å². The van der Waals surface area contributed by atoms with Gasteiger partial charge in [0.1, 0.15) is 6.54 Å². The summed E-state index contributed by atoms with van der Waals surface area (Å²) in [4.78, 5) is 51.8. The van der Waals surface area contributed by atoms with Crippen molar-refractivity contribution in [3.05, 3.63) is 62.8 Å². The molecule has 0 aliphatic heterocycles. The highest BCUT2D eigenvalue weighted by atomic mass is 16.5. The molecule has 0 unspecified atom stereocenters. The van der Waals surface area contributed by atoms with Gasteiger partial charge in [-0.15, -0.1) is 0 Å². The fourth-order valence-corrected chi connectivity index (χ4v) is 3.73. The van der Waals surface area contributed by atoms with E-state index in [9.17, 15) is 19.2 Å². The normalized spacial score (nSPS) is 10.8. The predicted octanol–water partition coefficient (Wildman–Crippen LogP) is 1.28. The van der Waals surface area contributed by atoms with E-state index < -0.39 is 17.2 Å². The van der Waals surface area contributed by atoms with Crippen LogP contribution in [0, 0.1) is 6.92 Å². The highest BCUT2D eigenvalue weighted by Crippen LogP contribution is 2.30. The van der Waals surface area contributed by atoms with Crippen molar-refractivity contribution in [1.82, 2.24) is 14.5 Å². The summed E-state index contributed by atoms with van der Waals surface area (Å²) < 4.78 is 17.7. The van der Waals surface area contributed by atoms with E-state index in [1.54, 1.807) is 12.1 Å². The Labute approximate surface area is 207 Å². The van der Waals surface area contributed by atoms with Gasteiger partial charge in [-0.2, -0.15) is 0 Å². The summed E-state index contributed by atoms with van der Waals surface area (Å²) in [6, 6.07) is 10.2. The molecule has 36 heavy (non-hydrogen) atoms. The van der Waals surface area contributed by atoms with E-state index in [-0.39, 0.29) is 36.3 Å². The van der Waals surface area contributed by atoms with E-state index in [0.717, 1.165) is 10.1 Å². The van der Waals surface area contributed by atoms with Crippen LogP contribution in [0.1, 0.15) is 12.0 Å². The molecule has 192 valence electrons. The van der Waals surface area contributed by atoms with E-state index in [4.69, 9.17) is 14.2 Å². The van der Waals surface area contributed by atoms with Gasteiger partial charge in [0, 0.05) is 38.4 Å². The van der Waals surface area contributed by atoms with Gasteiger partial charge in [0.15, 0.2) is 11.5 Å². The molecule has 3 aromatic rings. The average Bonchev–Trinajstić information content (AvgIpc) is 2.87. The molecule has 2 amide bonds. The zero-order chi connectivity index (χ0) is 26.2. The highest BCUT2D eigenvalue weighted by molar-refractivity contribution is 5.92. The van der Waals surface area contributed by atoms with E-state index in [2.05, 4.69) is 10.6 Å². The lowest BCUT2D eigenvalue weighted by Crippen LogP contribution is -2.42. The van der Waals surface area contributed by atoms with Crippen molar-refractivity contribution in [3.8, 4) is 11.5 Å². The van der Waals surface area contributed by atoms with Gasteiger partial charge >= 0.3 is 5.69 Å². The maximum atomic E-state index is 13.4. The quantitative estimate of drug-likeness (QED) is 0.381. The number of rotatable bonds is 11. The lowest BCUT2D eigenvalue weighted by Gasteiger charge is -2.16. The molecule has 3 rings (SSSR count). The Hall–Kier alpha value is -4.12. The smallest absolute Gasteiger partial charge is 0.331 e. The van der Waals surface area contributed by atoms with Crippen LogP contribution in [0.3, 0.4) is 0 Å². The molecule has 0 spiro atoms. The SMILES string of the molecule is COCCNC(=O)CCn1c(=O)c2cc(OC)c(OC)cc2n(CC(=O)Nc2ccccc2C)c1=O. The molecule has 0 atom stereocenters. The Morgan fingerprint density at radius 1 is 0.944 bits per heavy atom. The lowest BCUT2D eigenvalue weighted by atomic mass is 10.2. The number of aromatic nitrogens is 2. The molecule has 0 fully saturated rings. The minimum Gasteiger partial charge on any atom is -0.493 e. The Morgan fingerprint density at radius 3 is 2.31 bits per heavy atom. The Balaban J connectivity index is 2.04. The molecule has 0 radical (unpaired) electrons. The molecule has 0 aliphatic carbocycles. The molecule has 11 heteroatoms. The fourth-order valence-electron chi connectivity index (χ4n) is 3.73. The number of hydrogen-bond donors (Lipinski definition) is 2. The molecule has 1 heterocycles. The number of para-hydroxylation sites is 1. The maximum Gasteiger partial charge on any atom is 0.331 e. The lowest BCUT2D eigenvalue weighted by molar-refractivity contribution is -0.121. The van der Waals surface area contributed by atoms with Crippen LogP contribution in [0.4, 0.5) is 5.69 Å². The predicted molar refractivity (Wildman–Crippen MR) is 135 cm³/mol. The van der Waals surface area contributed by atoms with E-state index >= 15 is 0 Å². The maximum absolute atomic E-state index is 13.4. The van der Waals surface area contributed by atoms with Crippen LogP contribution in [-0.4, -0.2) is 55.4 Å². The zero-order valence-electron chi connectivity index (χ0n) is 20.8. The number of carbonyl (C=O) groups excluding carboxylic acids is 2. The highest BCUT2D eigenvalue weighted by Gasteiger charge is 2.19. The van der Waals surface area contributed by atoms with E-state index in [1.807, 2.05) is 19.1 Å². The third-order valence-corrected chi connectivity index (χ3v) is 5.64. The second-order valence-corrected chi connectivity index (χ2v) is 8.01. The van der Waals surface area contributed by atoms with Crippen LogP contribution in [-0.2, 0) is 27.4 Å². The second kappa shape index (κ2) is 12.0. The van der Waals surface area contributed by atoms with Gasteiger partial charge in [0.25, 0.3) is 5.56 Å². The Morgan fingerprint density at radius 2 is 1.64 bits per heavy atom. The van der Waals surface area contributed by atoms with Crippen molar-refractivity contribution >= 4 is 28.4 Å². The Kier molecular flexibility index (Phi) is 8.85. The fraction of sp³-hybridized carbons (Fsp3) is 0.360.